The zero-order valence-electron chi connectivity index (χ0n) is 7.93. The fourth-order valence-electron chi connectivity index (χ4n) is 2.43. The van der Waals surface area contributed by atoms with Gasteiger partial charge >= 0.3 is 0 Å². The number of hydrogen-bond acceptors (Lipinski definition) is 2. The van der Waals surface area contributed by atoms with Crippen LogP contribution < -0.4 is 0 Å². The molecule has 13 heavy (non-hydrogen) atoms. The fraction of sp³-hybridized carbons (Fsp3) is 1.00. The van der Waals surface area contributed by atoms with Gasteiger partial charge in [-0.2, -0.15) is 0 Å². The van der Waals surface area contributed by atoms with Crippen molar-refractivity contribution >= 4 is 11.6 Å². The molecule has 0 aromatic carbocycles. The highest BCUT2D eigenvalue weighted by Gasteiger charge is 2.43. The van der Waals surface area contributed by atoms with Crippen LogP contribution in [0.4, 0.5) is 0 Å². The summed E-state index contributed by atoms with van der Waals surface area (Å²) in [5.74, 6) is 0.584. The molecule has 1 aliphatic carbocycles. The van der Waals surface area contributed by atoms with Gasteiger partial charge in [-0.05, 0) is 12.8 Å². The van der Waals surface area contributed by atoms with Crippen molar-refractivity contribution < 1.29 is 9.47 Å². The second-order valence-electron chi connectivity index (χ2n) is 3.98. The van der Waals surface area contributed by atoms with Crippen LogP contribution in [-0.4, -0.2) is 24.9 Å². The molecule has 1 aliphatic heterocycles. The summed E-state index contributed by atoms with van der Waals surface area (Å²) >= 11 is 5.95. The van der Waals surface area contributed by atoms with Crippen molar-refractivity contribution in [2.75, 3.05) is 19.1 Å². The third-order valence-electron chi connectivity index (χ3n) is 3.19. The first kappa shape index (κ1) is 9.75. The van der Waals surface area contributed by atoms with E-state index in [0.29, 0.717) is 25.0 Å². The first-order valence-electron chi connectivity index (χ1n) is 5.21. The highest BCUT2D eigenvalue weighted by molar-refractivity contribution is 6.18. The maximum Gasteiger partial charge on any atom is 0.184 e. The van der Waals surface area contributed by atoms with E-state index in [9.17, 15) is 0 Å². The Morgan fingerprint density at radius 2 is 1.69 bits per heavy atom. The third kappa shape index (κ3) is 1.85. The van der Waals surface area contributed by atoms with Crippen LogP contribution in [0.3, 0.4) is 0 Å². The quantitative estimate of drug-likeness (QED) is 0.644. The van der Waals surface area contributed by atoms with Gasteiger partial charge in [0.2, 0.25) is 0 Å². The number of hydrogen-bond donors (Lipinski definition) is 0. The summed E-state index contributed by atoms with van der Waals surface area (Å²) in [4.78, 5) is 0. The lowest BCUT2D eigenvalue weighted by atomic mass is 9.83. The van der Waals surface area contributed by atoms with Gasteiger partial charge in [-0.15, -0.1) is 11.6 Å². The largest absolute Gasteiger partial charge is 0.346 e. The average molecular weight is 205 g/mol. The maximum absolute atomic E-state index is 5.95. The smallest absolute Gasteiger partial charge is 0.184 e. The summed E-state index contributed by atoms with van der Waals surface area (Å²) in [6, 6.07) is 0. The molecule has 0 unspecified atom stereocenters. The summed E-state index contributed by atoms with van der Waals surface area (Å²) < 4.78 is 11.4. The zero-order chi connectivity index (χ0) is 9.15. The Morgan fingerprint density at radius 3 is 2.23 bits per heavy atom. The normalized spacial score (nSPS) is 29.3. The van der Waals surface area contributed by atoms with Gasteiger partial charge in [0.15, 0.2) is 5.79 Å². The van der Waals surface area contributed by atoms with Gasteiger partial charge < -0.3 is 9.47 Å². The summed E-state index contributed by atoms with van der Waals surface area (Å²) in [6.07, 6.45) is 6.39. The molecule has 3 heteroatoms. The minimum absolute atomic E-state index is 0.429. The van der Waals surface area contributed by atoms with E-state index in [-0.39, 0.29) is 0 Å². The van der Waals surface area contributed by atoms with Crippen LogP contribution >= 0.6 is 11.6 Å². The Balaban J connectivity index is 2.01. The van der Waals surface area contributed by atoms with Gasteiger partial charge in [0.05, 0.1) is 19.1 Å². The Bertz CT molecular complexity index is 160. The van der Waals surface area contributed by atoms with E-state index < -0.39 is 5.79 Å². The van der Waals surface area contributed by atoms with Crippen molar-refractivity contribution in [3.8, 4) is 0 Å². The number of ether oxygens (including phenoxy) is 2. The van der Waals surface area contributed by atoms with E-state index in [1.165, 1.54) is 32.1 Å². The van der Waals surface area contributed by atoms with E-state index in [2.05, 4.69) is 0 Å². The molecular formula is C10H17ClO2. The summed E-state index contributed by atoms with van der Waals surface area (Å²) in [7, 11) is 0. The molecule has 1 saturated heterocycles. The molecule has 0 bridgehead atoms. The Kier molecular flexibility index (Phi) is 3.12. The molecule has 0 aromatic heterocycles. The predicted molar refractivity (Wildman–Crippen MR) is 51.9 cm³/mol. The minimum atomic E-state index is -0.429. The first-order chi connectivity index (χ1) is 6.37. The van der Waals surface area contributed by atoms with Gasteiger partial charge in [0.25, 0.3) is 0 Å². The highest BCUT2D eigenvalue weighted by atomic mass is 35.5. The first-order valence-corrected chi connectivity index (χ1v) is 5.75. The number of alkyl halides is 1. The van der Waals surface area contributed by atoms with Gasteiger partial charge in [-0.1, -0.05) is 19.3 Å². The molecule has 0 radical (unpaired) electrons. The Labute approximate surface area is 84.5 Å². The SMILES string of the molecule is ClCC1(C2CCCCC2)OCCO1. The molecular weight excluding hydrogens is 188 g/mol. The molecule has 0 N–H and O–H groups in total. The number of rotatable bonds is 2. The minimum Gasteiger partial charge on any atom is -0.346 e. The van der Waals surface area contributed by atoms with Gasteiger partial charge in [0.1, 0.15) is 0 Å². The van der Waals surface area contributed by atoms with Gasteiger partial charge in [-0.3, -0.25) is 0 Å². The summed E-state index contributed by atoms with van der Waals surface area (Å²) in [5.41, 5.74) is 0. The molecule has 1 heterocycles. The van der Waals surface area contributed by atoms with Gasteiger partial charge in [0, 0.05) is 5.92 Å². The van der Waals surface area contributed by atoms with Crippen LogP contribution in [-0.2, 0) is 9.47 Å². The Morgan fingerprint density at radius 1 is 1.08 bits per heavy atom. The van der Waals surface area contributed by atoms with Crippen LogP contribution in [0.1, 0.15) is 32.1 Å². The van der Waals surface area contributed by atoms with E-state index >= 15 is 0 Å². The molecule has 0 spiro atoms. The molecule has 2 nitrogen and oxygen atoms in total. The van der Waals surface area contributed by atoms with E-state index in [1.807, 2.05) is 0 Å². The molecule has 2 rings (SSSR count). The van der Waals surface area contributed by atoms with Crippen LogP contribution in [0.5, 0.6) is 0 Å². The second kappa shape index (κ2) is 4.16. The third-order valence-corrected chi connectivity index (χ3v) is 3.56. The van der Waals surface area contributed by atoms with Crippen molar-refractivity contribution in [1.29, 1.82) is 0 Å². The van der Waals surface area contributed by atoms with Crippen LogP contribution in [0.25, 0.3) is 0 Å². The summed E-state index contributed by atoms with van der Waals surface area (Å²) in [5, 5.41) is 0. The molecule has 0 atom stereocenters. The average Bonchev–Trinajstić information content (AvgIpc) is 2.69. The molecule has 1 saturated carbocycles. The van der Waals surface area contributed by atoms with Crippen molar-refractivity contribution in [3.05, 3.63) is 0 Å². The lowest BCUT2D eigenvalue weighted by Crippen LogP contribution is -2.42. The number of halogens is 1. The standard InChI is InChI=1S/C10H17ClO2/c11-8-10(12-6-7-13-10)9-4-2-1-3-5-9/h9H,1-8H2. The monoisotopic (exact) mass is 204 g/mol. The van der Waals surface area contributed by atoms with Crippen molar-refractivity contribution in [1.82, 2.24) is 0 Å². The van der Waals surface area contributed by atoms with E-state index in [1.54, 1.807) is 0 Å². The Hall–Kier alpha value is 0.210. The van der Waals surface area contributed by atoms with Crippen molar-refractivity contribution in [2.45, 2.75) is 37.9 Å². The van der Waals surface area contributed by atoms with Crippen molar-refractivity contribution in [2.24, 2.45) is 5.92 Å². The van der Waals surface area contributed by atoms with Crippen molar-refractivity contribution in [3.63, 3.8) is 0 Å². The predicted octanol–water partition coefficient (Wildman–Crippen LogP) is 2.55. The molecule has 2 fully saturated rings. The second-order valence-corrected chi connectivity index (χ2v) is 4.24. The van der Waals surface area contributed by atoms with Gasteiger partial charge in [-0.25, -0.2) is 0 Å². The topological polar surface area (TPSA) is 18.5 Å². The maximum atomic E-state index is 5.95. The lowest BCUT2D eigenvalue weighted by Gasteiger charge is -2.36. The molecule has 2 aliphatic rings. The van der Waals surface area contributed by atoms with Crippen LogP contribution in [0, 0.1) is 5.92 Å². The van der Waals surface area contributed by atoms with Crippen LogP contribution in [0.2, 0.25) is 0 Å². The van der Waals surface area contributed by atoms with E-state index in [0.717, 1.165) is 0 Å². The molecule has 0 aromatic rings. The van der Waals surface area contributed by atoms with Crippen LogP contribution in [0.15, 0.2) is 0 Å². The summed E-state index contributed by atoms with van der Waals surface area (Å²) in [6.45, 7) is 1.42. The zero-order valence-corrected chi connectivity index (χ0v) is 8.68. The lowest BCUT2D eigenvalue weighted by molar-refractivity contribution is -0.184. The fourth-order valence-corrected chi connectivity index (χ4v) is 2.81. The molecule has 0 amide bonds. The van der Waals surface area contributed by atoms with E-state index in [4.69, 9.17) is 21.1 Å². The molecule has 76 valence electrons. The highest BCUT2D eigenvalue weighted by Crippen LogP contribution is 2.38.